The number of aromatic nitrogens is 1. The Balaban J connectivity index is 2.20. The van der Waals surface area contributed by atoms with Gasteiger partial charge in [0.2, 0.25) is 5.96 Å². The highest BCUT2D eigenvalue weighted by atomic mass is 79.9. The van der Waals surface area contributed by atoms with Crippen molar-refractivity contribution in [1.82, 2.24) is 10.3 Å². The number of ether oxygens (including phenoxy) is 1. The number of unbranched alkanes of at least 4 members (excludes halogenated alkanes) is 1. The minimum atomic E-state index is -0.656. The molecule has 0 spiro atoms. The maximum atomic E-state index is 9.44. The van der Waals surface area contributed by atoms with E-state index < -0.39 is 6.04 Å². The number of rotatable bonds is 5. The molecule has 2 aromatic rings. The Kier molecular flexibility index (Phi) is 6.05. The fraction of sp³-hybridized carbons (Fsp3) is 0.263. The summed E-state index contributed by atoms with van der Waals surface area (Å²) in [6, 6.07) is 6.92. The second-order valence-corrected chi connectivity index (χ2v) is 7.20. The summed E-state index contributed by atoms with van der Waals surface area (Å²) in [5.74, 6) is 1.16. The van der Waals surface area contributed by atoms with Crippen molar-refractivity contribution >= 4 is 39.2 Å². The number of nitrogens with zero attached hydrogens (tertiary/aromatic N) is 4. The van der Waals surface area contributed by atoms with Crippen LogP contribution >= 0.6 is 15.9 Å². The Labute approximate surface area is 176 Å². The van der Waals surface area contributed by atoms with E-state index in [1.807, 2.05) is 30.5 Å². The molecule has 0 aliphatic carbocycles. The molecule has 1 atom stereocenters. The molecule has 6 N–H and O–H groups in total. The Hall–Kier alpha value is -3.50. The zero-order valence-electron chi connectivity index (χ0n) is 15.7. The van der Waals surface area contributed by atoms with Crippen molar-refractivity contribution < 1.29 is 4.74 Å². The smallest absolute Gasteiger partial charge is 0.211 e. The highest BCUT2D eigenvalue weighted by molar-refractivity contribution is 9.10. The van der Waals surface area contributed by atoms with Crippen LogP contribution in [-0.4, -0.2) is 17.6 Å². The van der Waals surface area contributed by atoms with Gasteiger partial charge >= 0.3 is 0 Å². The van der Waals surface area contributed by atoms with Gasteiger partial charge in [0.05, 0.1) is 12.3 Å². The van der Waals surface area contributed by atoms with Gasteiger partial charge < -0.3 is 21.5 Å². The Morgan fingerprint density at radius 2 is 2.14 bits per heavy atom. The fourth-order valence-corrected chi connectivity index (χ4v) is 3.38. The van der Waals surface area contributed by atoms with Crippen molar-refractivity contribution in [1.29, 1.82) is 10.5 Å². The van der Waals surface area contributed by atoms with Crippen molar-refractivity contribution in [2.75, 3.05) is 23.4 Å². The van der Waals surface area contributed by atoms with Gasteiger partial charge in [-0.05, 0) is 24.6 Å². The number of aliphatic imine (C=N–C) groups is 1. The summed E-state index contributed by atoms with van der Waals surface area (Å²) < 4.78 is 6.79. The van der Waals surface area contributed by atoms with E-state index in [1.165, 1.54) is 0 Å². The van der Waals surface area contributed by atoms with Crippen LogP contribution in [0.1, 0.15) is 42.5 Å². The van der Waals surface area contributed by atoms with Crippen LogP contribution in [0, 0.1) is 22.8 Å². The normalized spacial score (nSPS) is 14.6. The largest absolute Gasteiger partial charge is 0.493 e. The number of nitrogens with two attached hydrogens (primary N) is 2. The lowest BCUT2D eigenvalue weighted by Crippen LogP contribution is -2.33. The fourth-order valence-electron chi connectivity index (χ4n) is 3.00. The number of hydrogen-bond donors (Lipinski definition) is 4. The van der Waals surface area contributed by atoms with Gasteiger partial charge in [-0.1, -0.05) is 29.3 Å². The number of benzene rings is 1. The van der Waals surface area contributed by atoms with Crippen LogP contribution in [-0.2, 0) is 0 Å². The molecule has 0 radical (unpaired) electrons. The maximum Gasteiger partial charge on any atom is 0.211 e. The van der Waals surface area contributed by atoms with E-state index in [9.17, 15) is 5.26 Å². The van der Waals surface area contributed by atoms with Crippen LogP contribution in [0.2, 0.25) is 0 Å². The summed E-state index contributed by atoms with van der Waals surface area (Å²) in [6.07, 6.45) is 3.74. The van der Waals surface area contributed by atoms with Gasteiger partial charge in [0, 0.05) is 15.6 Å². The number of guanidine groups is 1. The number of halogens is 1. The second-order valence-electron chi connectivity index (χ2n) is 6.29. The van der Waals surface area contributed by atoms with Crippen molar-refractivity contribution in [2.45, 2.75) is 25.8 Å². The van der Waals surface area contributed by atoms with E-state index in [2.05, 4.69) is 43.5 Å². The minimum Gasteiger partial charge on any atom is -0.493 e. The number of fused-ring (bicyclic) bond motifs is 1. The number of hydrogen-bond acceptors (Lipinski definition) is 9. The number of pyridine rings is 1. The van der Waals surface area contributed by atoms with Gasteiger partial charge in [-0.25, -0.2) is 9.98 Å². The van der Waals surface area contributed by atoms with Crippen LogP contribution in [0.4, 0.5) is 17.3 Å². The molecule has 1 aliphatic heterocycles. The van der Waals surface area contributed by atoms with Crippen LogP contribution in [0.15, 0.2) is 27.7 Å². The Morgan fingerprint density at radius 3 is 2.83 bits per heavy atom. The molecule has 0 amide bonds. The Bertz CT molecular complexity index is 1050. The molecular weight excluding hydrogens is 436 g/mol. The van der Waals surface area contributed by atoms with Gasteiger partial charge in [-0.2, -0.15) is 10.5 Å². The highest BCUT2D eigenvalue weighted by Crippen LogP contribution is 2.43. The molecule has 0 fully saturated rings. The third kappa shape index (κ3) is 4.03. The molecule has 148 valence electrons. The van der Waals surface area contributed by atoms with Gasteiger partial charge in [0.25, 0.3) is 0 Å². The van der Waals surface area contributed by atoms with Crippen molar-refractivity contribution in [3.63, 3.8) is 0 Å². The lowest BCUT2D eigenvalue weighted by atomic mass is 9.94. The molecule has 1 aliphatic rings. The standard InChI is InChI=1S/C19H19BrN8O/c1-2-3-6-29-13-5-4-10(20)7-11(13)16-14-15(23)12(8-21)17(24)27-18(14)28-19(26-16)25-9-22/h4-5,7,16H,2-3,6H2,1H3,(H6,23,24,25,26,27,28). The third-order valence-corrected chi connectivity index (χ3v) is 4.87. The molecule has 1 unspecified atom stereocenters. The number of anilines is 3. The average molecular weight is 455 g/mol. The summed E-state index contributed by atoms with van der Waals surface area (Å²) in [7, 11) is 0. The second kappa shape index (κ2) is 8.67. The van der Waals surface area contributed by atoms with Gasteiger partial charge in [0.15, 0.2) is 6.19 Å². The molecule has 1 aromatic carbocycles. The van der Waals surface area contributed by atoms with Crippen molar-refractivity contribution in [2.24, 2.45) is 4.99 Å². The summed E-state index contributed by atoms with van der Waals surface area (Å²) >= 11 is 3.48. The van der Waals surface area contributed by atoms with Crippen molar-refractivity contribution in [3.8, 4) is 18.0 Å². The lowest BCUT2D eigenvalue weighted by Gasteiger charge is -2.27. The topological polar surface area (TPSA) is 158 Å². The predicted molar refractivity (Wildman–Crippen MR) is 114 cm³/mol. The number of nitriles is 2. The molecule has 3 rings (SSSR count). The first-order chi connectivity index (χ1) is 14.0. The SMILES string of the molecule is CCCCOc1ccc(Br)cc1C1N=C(NC#N)Nc2nc(N)c(C#N)c(N)c21. The van der Waals surface area contributed by atoms with E-state index in [0.717, 1.165) is 22.9 Å². The van der Waals surface area contributed by atoms with E-state index in [4.69, 9.17) is 21.5 Å². The molecule has 29 heavy (non-hydrogen) atoms. The maximum absolute atomic E-state index is 9.44. The number of nitrogens with one attached hydrogen (secondary N) is 2. The molecule has 0 saturated heterocycles. The minimum absolute atomic E-state index is 0.00173. The monoisotopic (exact) mass is 454 g/mol. The van der Waals surface area contributed by atoms with Crippen LogP contribution < -0.4 is 26.8 Å². The average Bonchev–Trinajstić information content (AvgIpc) is 2.69. The third-order valence-electron chi connectivity index (χ3n) is 4.38. The molecule has 2 heterocycles. The van der Waals surface area contributed by atoms with Gasteiger partial charge in [-0.15, -0.1) is 0 Å². The summed E-state index contributed by atoms with van der Waals surface area (Å²) in [5.41, 5.74) is 13.7. The van der Waals surface area contributed by atoms with E-state index in [1.54, 1.807) is 0 Å². The number of nitrogen functional groups attached to an aromatic ring is 2. The van der Waals surface area contributed by atoms with Gasteiger partial charge in [-0.3, -0.25) is 5.32 Å². The zero-order chi connectivity index (χ0) is 21.0. The molecule has 0 saturated carbocycles. The summed E-state index contributed by atoms with van der Waals surface area (Å²) in [4.78, 5) is 8.84. The first-order valence-corrected chi connectivity index (χ1v) is 9.70. The molecule has 0 bridgehead atoms. The molecule has 1 aromatic heterocycles. The highest BCUT2D eigenvalue weighted by Gasteiger charge is 2.31. The predicted octanol–water partition coefficient (Wildman–Crippen LogP) is 3.00. The van der Waals surface area contributed by atoms with Crippen LogP contribution in [0.5, 0.6) is 5.75 Å². The van der Waals surface area contributed by atoms with Crippen LogP contribution in [0.3, 0.4) is 0 Å². The first-order valence-electron chi connectivity index (χ1n) is 8.91. The molecule has 10 heteroatoms. The van der Waals surface area contributed by atoms with Gasteiger partial charge in [0.1, 0.15) is 35.1 Å². The molecular formula is C19H19BrN8O. The summed E-state index contributed by atoms with van der Waals surface area (Å²) in [6.45, 7) is 2.63. The quantitative estimate of drug-likeness (QED) is 0.304. The van der Waals surface area contributed by atoms with Crippen molar-refractivity contribution in [3.05, 3.63) is 39.4 Å². The van der Waals surface area contributed by atoms with E-state index in [0.29, 0.717) is 23.7 Å². The Morgan fingerprint density at radius 1 is 1.34 bits per heavy atom. The molecule has 9 nitrogen and oxygen atoms in total. The lowest BCUT2D eigenvalue weighted by molar-refractivity contribution is 0.305. The van der Waals surface area contributed by atoms with E-state index in [-0.39, 0.29) is 23.0 Å². The van der Waals surface area contributed by atoms with Crippen LogP contribution in [0.25, 0.3) is 0 Å². The first kappa shape index (κ1) is 20.2. The summed E-state index contributed by atoms with van der Waals surface area (Å²) in [5, 5.41) is 23.9. The van der Waals surface area contributed by atoms with E-state index >= 15 is 0 Å². The zero-order valence-corrected chi connectivity index (χ0v) is 17.2.